The summed E-state index contributed by atoms with van der Waals surface area (Å²) in [5, 5.41) is 2.85. The number of primary amides is 1. The van der Waals surface area contributed by atoms with E-state index in [0.717, 1.165) is 18.1 Å². The summed E-state index contributed by atoms with van der Waals surface area (Å²) in [4.78, 5) is 14.2. The number of rotatable bonds is 13. The van der Waals surface area contributed by atoms with Crippen LogP contribution < -0.4 is 22.5 Å². The normalized spacial score (nSPS) is 14.1. The minimum absolute atomic E-state index is 0.335. The van der Waals surface area contributed by atoms with Crippen molar-refractivity contribution in [2.45, 2.75) is 91.9 Å². The van der Waals surface area contributed by atoms with Gasteiger partial charge in [0, 0.05) is 18.3 Å². The van der Waals surface area contributed by atoms with Crippen LogP contribution in [0.5, 0.6) is 0 Å². The predicted molar refractivity (Wildman–Crippen MR) is 144 cm³/mol. The van der Waals surface area contributed by atoms with Gasteiger partial charge in [-0.05, 0) is 53.9 Å². The van der Waals surface area contributed by atoms with Gasteiger partial charge >= 0.3 is 0 Å². The van der Waals surface area contributed by atoms with E-state index in [1.165, 1.54) is 18.6 Å². The Balaban J connectivity index is 0. The number of carbonyl (C=O) groups is 1. The first-order valence-electron chi connectivity index (χ1n) is 11.2. The van der Waals surface area contributed by atoms with E-state index in [9.17, 15) is 4.79 Å². The van der Waals surface area contributed by atoms with Gasteiger partial charge in [0.05, 0.1) is 6.04 Å². The van der Waals surface area contributed by atoms with Crippen molar-refractivity contribution < 1.29 is 4.79 Å². The molecular weight excluding hydrogens is 426 g/mol. The second kappa shape index (κ2) is 15.3. The molecular formula is C23H51N5OS2. The first-order valence-corrected chi connectivity index (χ1v) is 12.8. The molecule has 1 atom stereocenters. The number of hydrogen-bond acceptors (Lipinski definition) is 5. The average Bonchev–Trinajstić information content (AvgIpc) is 2.62. The van der Waals surface area contributed by atoms with E-state index < -0.39 is 11.9 Å². The fraction of sp³-hybridized carbons (Fsp3) is 0.913. The van der Waals surface area contributed by atoms with E-state index in [0.29, 0.717) is 34.5 Å². The first kappa shape index (κ1) is 32.6. The van der Waals surface area contributed by atoms with E-state index >= 15 is 0 Å². The third-order valence-electron chi connectivity index (χ3n) is 4.75. The van der Waals surface area contributed by atoms with Gasteiger partial charge in [-0.25, -0.2) is 0 Å². The smallest absolute Gasteiger partial charge is 0.234 e. The van der Waals surface area contributed by atoms with Crippen LogP contribution in [0.15, 0.2) is 4.99 Å². The number of aliphatic imine (C=N–C) groups is 1. The summed E-state index contributed by atoms with van der Waals surface area (Å²) >= 11 is 6.61. The van der Waals surface area contributed by atoms with Crippen LogP contribution in [0, 0.1) is 16.7 Å². The van der Waals surface area contributed by atoms with E-state index in [4.69, 9.17) is 17.2 Å². The molecule has 7 N–H and O–H groups in total. The summed E-state index contributed by atoms with van der Waals surface area (Å²) in [7, 11) is 1.59. The van der Waals surface area contributed by atoms with Crippen LogP contribution in [0.3, 0.4) is 0 Å². The molecule has 186 valence electrons. The van der Waals surface area contributed by atoms with Gasteiger partial charge in [0.1, 0.15) is 0 Å². The maximum Gasteiger partial charge on any atom is 0.234 e. The number of carbonyl (C=O) groups excluding carboxylic acids is 1. The molecule has 0 saturated carbocycles. The minimum atomic E-state index is -0.568. The lowest BCUT2D eigenvalue weighted by Gasteiger charge is -2.36. The summed E-state index contributed by atoms with van der Waals surface area (Å²) in [6.45, 7) is 19.5. The fourth-order valence-electron chi connectivity index (χ4n) is 3.57. The maximum atomic E-state index is 10.5. The fourth-order valence-corrected chi connectivity index (χ4v) is 5.08. The zero-order valence-electron chi connectivity index (χ0n) is 21.5. The van der Waals surface area contributed by atoms with Gasteiger partial charge in [-0.15, -0.1) is 0 Å². The quantitative estimate of drug-likeness (QED) is 0.119. The number of nitrogens with two attached hydrogens (primary N) is 3. The molecule has 0 aromatic rings. The van der Waals surface area contributed by atoms with Crippen molar-refractivity contribution in [3.8, 4) is 0 Å². The standard InChI is InChI=1S/C16H34S2.C7H17N5O/c1-13(2)9-14(3,4)12-18-16(7,8)10-15(5,6)11-17;1-11-7(10)12-4-2-3-5(8)6(9)13/h13,17H,9-12H2,1-8H3;5H,2-4,8H2,1H3,(H2,9,13)(H3,10,11,12). The van der Waals surface area contributed by atoms with E-state index in [2.05, 4.69) is 90.1 Å². The number of nitrogens with one attached hydrogen (secondary N) is 1. The van der Waals surface area contributed by atoms with Gasteiger partial charge in [-0.1, -0.05) is 55.4 Å². The molecule has 0 radical (unpaired) electrons. The Morgan fingerprint density at radius 2 is 1.65 bits per heavy atom. The molecule has 0 heterocycles. The Morgan fingerprint density at radius 1 is 1.10 bits per heavy atom. The van der Waals surface area contributed by atoms with E-state index in [-0.39, 0.29) is 0 Å². The Morgan fingerprint density at radius 3 is 2.06 bits per heavy atom. The van der Waals surface area contributed by atoms with Crippen molar-refractivity contribution in [3.63, 3.8) is 0 Å². The second-order valence-corrected chi connectivity index (χ2v) is 13.0. The van der Waals surface area contributed by atoms with Crippen molar-refractivity contribution in [2.24, 2.45) is 38.9 Å². The van der Waals surface area contributed by atoms with Crippen molar-refractivity contribution in [2.75, 3.05) is 25.1 Å². The van der Waals surface area contributed by atoms with Crippen LogP contribution in [0.1, 0.15) is 81.1 Å². The lowest BCUT2D eigenvalue weighted by Crippen LogP contribution is -2.38. The molecule has 0 aromatic heterocycles. The van der Waals surface area contributed by atoms with Crippen LogP contribution in [-0.2, 0) is 4.79 Å². The third kappa shape index (κ3) is 19.8. The highest BCUT2D eigenvalue weighted by atomic mass is 32.2. The third-order valence-corrected chi connectivity index (χ3v) is 7.46. The number of amides is 1. The molecule has 31 heavy (non-hydrogen) atoms. The average molecular weight is 478 g/mol. The van der Waals surface area contributed by atoms with Gasteiger partial charge in [-0.2, -0.15) is 24.4 Å². The highest BCUT2D eigenvalue weighted by Crippen LogP contribution is 2.41. The summed E-state index contributed by atoms with van der Waals surface area (Å²) in [5.41, 5.74) is 16.5. The molecule has 0 aromatic carbocycles. The maximum absolute atomic E-state index is 10.5. The van der Waals surface area contributed by atoms with Crippen LogP contribution in [0.25, 0.3) is 0 Å². The van der Waals surface area contributed by atoms with Gasteiger partial charge < -0.3 is 22.5 Å². The SMILES string of the molecule is CC(C)CC(C)(C)CSC(C)(C)CC(C)(C)CS.CN=C(N)NCCCC(N)C(N)=O. The summed E-state index contributed by atoms with van der Waals surface area (Å²) in [6.07, 6.45) is 3.83. The Hall–Kier alpha value is -0.600. The van der Waals surface area contributed by atoms with Crippen LogP contribution in [-0.4, -0.2) is 47.8 Å². The van der Waals surface area contributed by atoms with Gasteiger partial charge in [0.2, 0.25) is 5.91 Å². The number of thiol groups is 1. The summed E-state index contributed by atoms with van der Waals surface area (Å²) < 4.78 is 0.348. The highest BCUT2D eigenvalue weighted by molar-refractivity contribution is 8.00. The lowest BCUT2D eigenvalue weighted by molar-refractivity contribution is -0.119. The second-order valence-electron chi connectivity index (χ2n) is 11.0. The van der Waals surface area contributed by atoms with Gasteiger partial charge in [0.25, 0.3) is 0 Å². The molecule has 0 aliphatic carbocycles. The predicted octanol–water partition coefficient (Wildman–Crippen LogP) is 4.03. The number of nitrogens with zero attached hydrogens (tertiary/aromatic N) is 1. The van der Waals surface area contributed by atoms with Crippen LogP contribution in [0.4, 0.5) is 0 Å². The lowest BCUT2D eigenvalue weighted by atomic mass is 9.85. The Labute approximate surface area is 202 Å². The summed E-state index contributed by atoms with van der Waals surface area (Å²) in [5.74, 6) is 2.91. The zero-order valence-corrected chi connectivity index (χ0v) is 23.3. The molecule has 0 bridgehead atoms. The van der Waals surface area contributed by atoms with E-state index in [1.54, 1.807) is 7.05 Å². The Kier molecular flexibility index (Phi) is 16.1. The van der Waals surface area contributed by atoms with Crippen molar-refractivity contribution in [1.82, 2.24) is 5.32 Å². The molecule has 0 aliphatic heterocycles. The summed E-state index contributed by atoms with van der Waals surface area (Å²) in [6, 6.07) is -0.568. The highest BCUT2D eigenvalue weighted by Gasteiger charge is 2.30. The molecule has 1 amide bonds. The zero-order chi connectivity index (χ0) is 24.9. The molecule has 1 unspecified atom stereocenters. The molecule has 0 fully saturated rings. The largest absolute Gasteiger partial charge is 0.370 e. The van der Waals surface area contributed by atoms with Gasteiger partial charge in [0.15, 0.2) is 5.96 Å². The van der Waals surface area contributed by atoms with Crippen LogP contribution in [0.2, 0.25) is 0 Å². The monoisotopic (exact) mass is 477 g/mol. The number of hydrogen-bond donors (Lipinski definition) is 5. The number of guanidine groups is 1. The first-order chi connectivity index (χ1) is 14.0. The molecule has 6 nitrogen and oxygen atoms in total. The van der Waals surface area contributed by atoms with E-state index in [1.807, 2.05) is 0 Å². The van der Waals surface area contributed by atoms with Crippen molar-refractivity contribution >= 4 is 36.3 Å². The van der Waals surface area contributed by atoms with Crippen LogP contribution >= 0.6 is 24.4 Å². The molecule has 0 aliphatic rings. The van der Waals surface area contributed by atoms with Crippen molar-refractivity contribution in [1.29, 1.82) is 0 Å². The molecule has 0 spiro atoms. The van der Waals surface area contributed by atoms with Gasteiger partial charge in [-0.3, -0.25) is 9.79 Å². The minimum Gasteiger partial charge on any atom is -0.370 e. The van der Waals surface area contributed by atoms with Crippen molar-refractivity contribution in [3.05, 3.63) is 0 Å². The molecule has 8 heteroatoms. The molecule has 0 rings (SSSR count). The molecule has 0 saturated heterocycles. The Bertz CT molecular complexity index is 534. The topological polar surface area (TPSA) is 120 Å². The number of thioether (sulfide) groups is 1.